The fourth-order valence-electron chi connectivity index (χ4n) is 2.30. The molecule has 0 saturated carbocycles. The lowest BCUT2D eigenvalue weighted by Gasteiger charge is -2.36. The molecule has 0 bridgehead atoms. The van der Waals surface area contributed by atoms with Crippen LogP contribution in [0.5, 0.6) is 5.75 Å². The van der Waals surface area contributed by atoms with Crippen molar-refractivity contribution in [3.05, 3.63) is 29.8 Å². The van der Waals surface area contributed by atoms with E-state index < -0.39 is 12.1 Å². The molecule has 0 aliphatic carbocycles. The fourth-order valence-corrected chi connectivity index (χ4v) is 2.30. The Morgan fingerprint density at radius 2 is 2.25 bits per heavy atom. The van der Waals surface area contributed by atoms with E-state index in [1.165, 1.54) is 11.8 Å². The van der Waals surface area contributed by atoms with Crippen LogP contribution >= 0.6 is 0 Å². The summed E-state index contributed by atoms with van der Waals surface area (Å²) in [6, 6.07) is 6.42. The molecule has 1 aromatic rings. The van der Waals surface area contributed by atoms with Gasteiger partial charge in [-0.1, -0.05) is 12.1 Å². The van der Waals surface area contributed by atoms with Crippen LogP contribution in [-0.4, -0.2) is 47.6 Å². The summed E-state index contributed by atoms with van der Waals surface area (Å²) in [5.74, 6) is 0.144. The van der Waals surface area contributed by atoms with Gasteiger partial charge in [-0.3, -0.25) is 9.59 Å². The van der Waals surface area contributed by atoms with Crippen molar-refractivity contribution in [2.24, 2.45) is 0 Å². The van der Waals surface area contributed by atoms with E-state index in [1.807, 2.05) is 12.1 Å². The van der Waals surface area contributed by atoms with Gasteiger partial charge in [0.2, 0.25) is 11.8 Å². The second kappa shape index (κ2) is 5.92. The number of benzene rings is 1. The molecule has 1 fully saturated rings. The lowest BCUT2D eigenvalue weighted by molar-refractivity contribution is -0.150. The van der Waals surface area contributed by atoms with Gasteiger partial charge in [0.05, 0.1) is 19.8 Å². The molecule has 6 heteroatoms. The van der Waals surface area contributed by atoms with Crippen molar-refractivity contribution in [2.75, 3.05) is 13.7 Å². The maximum Gasteiger partial charge on any atom is 0.245 e. The molecule has 1 aliphatic rings. The number of carbonyl (C=O) groups is 2. The predicted molar refractivity (Wildman–Crippen MR) is 72.0 cm³/mol. The minimum Gasteiger partial charge on any atom is -0.497 e. The van der Waals surface area contributed by atoms with E-state index >= 15 is 0 Å². The van der Waals surface area contributed by atoms with Gasteiger partial charge < -0.3 is 20.1 Å². The van der Waals surface area contributed by atoms with Gasteiger partial charge in [-0.05, 0) is 24.6 Å². The van der Waals surface area contributed by atoms with Crippen LogP contribution in [0, 0.1) is 0 Å². The van der Waals surface area contributed by atoms with Gasteiger partial charge in [0.15, 0.2) is 0 Å². The highest BCUT2D eigenvalue weighted by atomic mass is 16.5. The van der Waals surface area contributed by atoms with E-state index in [0.717, 1.165) is 5.56 Å². The zero-order valence-corrected chi connectivity index (χ0v) is 11.5. The van der Waals surface area contributed by atoms with Gasteiger partial charge >= 0.3 is 0 Å². The SMILES string of the molecule is COc1cccc(CN2C(=O)CNC(=O)[C@H]2[C@H](C)O)c1. The number of ether oxygens (including phenoxy) is 1. The highest BCUT2D eigenvalue weighted by Gasteiger charge is 2.37. The first-order valence-corrected chi connectivity index (χ1v) is 6.41. The van der Waals surface area contributed by atoms with E-state index in [2.05, 4.69) is 5.32 Å². The summed E-state index contributed by atoms with van der Waals surface area (Å²) in [6.07, 6.45) is -0.926. The van der Waals surface area contributed by atoms with E-state index in [1.54, 1.807) is 19.2 Å². The average Bonchev–Trinajstić information content (AvgIpc) is 2.43. The average molecular weight is 278 g/mol. The van der Waals surface area contributed by atoms with Crippen LogP contribution in [0.2, 0.25) is 0 Å². The summed E-state index contributed by atoms with van der Waals surface area (Å²) in [5, 5.41) is 12.2. The van der Waals surface area contributed by atoms with Crippen molar-refractivity contribution in [3.63, 3.8) is 0 Å². The first kappa shape index (κ1) is 14.3. The molecule has 2 amide bonds. The maximum absolute atomic E-state index is 12.0. The summed E-state index contributed by atoms with van der Waals surface area (Å²) in [4.78, 5) is 25.2. The number of carbonyl (C=O) groups excluding carboxylic acids is 2. The molecule has 0 spiro atoms. The molecule has 1 saturated heterocycles. The Morgan fingerprint density at radius 3 is 2.90 bits per heavy atom. The number of piperazine rings is 1. The number of amides is 2. The number of methoxy groups -OCH3 is 1. The van der Waals surface area contributed by atoms with Crippen LogP contribution in [0.15, 0.2) is 24.3 Å². The Bertz CT molecular complexity index is 516. The Morgan fingerprint density at radius 1 is 1.50 bits per heavy atom. The molecule has 1 aliphatic heterocycles. The Labute approximate surface area is 117 Å². The van der Waals surface area contributed by atoms with Crippen molar-refractivity contribution in [2.45, 2.75) is 25.6 Å². The lowest BCUT2D eigenvalue weighted by Crippen LogP contribution is -2.61. The zero-order chi connectivity index (χ0) is 14.7. The van der Waals surface area contributed by atoms with Crippen LogP contribution in [0.4, 0.5) is 0 Å². The van der Waals surface area contributed by atoms with Gasteiger partial charge in [-0.25, -0.2) is 0 Å². The molecular weight excluding hydrogens is 260 g/mol. The summed E-state index contributed by atoms with van der Waals surface area (Å²) in [6.45, 7) is 1.73. The summed E-state index contributed by atoms with van der Waals surface area (Å²) < 4.78 is 5.13. The number of aliphatic hydroxyl groups is 1. The van der Waals surface area contributed by atoms with Crippen molar-refractivity contribution < 1.29 is 19.4 Å². The first-order chi connectivity index (χ1) is 9.52. The minimum absolute atomic E-state index is 0.0357. The van der Waals surface area contributed by atoms with E-state index in [-0.39, 0.29) is 24.9 Å². The molecule has 0 unspecified atom stereocenters. The van der Waals surface area contributed by atoms with Crippen molar-refractivity contribution in [3.8, 4) is 5.75 Å². The lowest BCUT2D eigenvalue weighted by atomic mass is 10.1. The van der Waals surface area contributed by atoms with Crippen LogP contribution in [-0.2, 0) is 16.1 Å². The van der Waals surface area contributed by atoms with E-state index in [0.29, 0.717) is 5.75 Å². The highest BCUT2D eigenvalue weighted by Crippen LogP contribution is 2.18. The molecule has 6 nitrogen and oxygen atoms in total. The van der Waals surface area contributed by atoms with Gasteiger partial charge in [0, 0.05) is 6.54 Å². The summed E-state index contributed by atoms with van der Waals surface area (Å²) >= 11 is 0. The standard InChI is InChI=1S/C14H18N2O4/c1-9(17)13-14(19)15-7-12(18)16(13)8-10-4-3-5-11(6-10)20-2/h3-6,9,13,17H,7-8H2,1-2H3,(H,15,19)/t9-,13+/m0/s1. The Kier molecular flexibility index (Phi) is 4.24. The number of nitrogens with one attached hydrogen (secondary N) is 1. The van der Waals surface area contributed by atoms with Crippen molar-refractivity contribution >= 4 is 11.8 Å². The minimum atomic E-state index is -0.926. The zero-order valence-electron chi connectivity index (χ0n) is 11.5. The number of rotatable bonds is 4. The van der Waals surface area contributed by atoms with Gasteiger partial charge in [0.1, 0.15) is 11.8 Å². The van der Waals surface area contributed by atoms with Crippen LogP contribution in [0.1, 0.15) is 12.5 Å². The number of aliphatic hydroxyl groups excluding tert-OH is 1. The predicted octanol–water partition coefficient (Wildman–Crippen LogP) is -0.0970. The monoisotopic (exact) mass is 278 g/mol. The van der Waals surface area contributed by atoms with Crippen molar-refractivity contribution in [1.29, 1.82) is 0 Å². The normalized spacial score (nSPS) is 20.6. The Hall–Kier alpha value is -2.08. The summed E-state index contributed by atoms with van der Waals surface area (Å²) in [5.41, 5.74) is 0.845. The molecule has 2 rings (SSSR count). The third-order valence-corrected chi connectivity index (χ3v) is 3.28. The smallest absolute Gasteiger partial charge is 0.245 e. The van der Waals surface area contributed by atoms with E-state index in [4.69, 9.17) is 4.74 Å². The molecule has 108 valence electrons. The molecule has 1 heterocycles. The number of nitrogens with zero attached hydrogens (tertiary/aromatic N) is 1. The maximum atomic E-state index is 12.0. The van der Waals surface area contributed by atoms with Crippen LogP contribution in [0.3, 0.4) is 0 Å². The summed E-state index contributed by atoms with van der Waals surface area (Å²) in [7, 11) is 1.57. The van der Waals surface area contributed by atoms with Gasteiger partial charge in [-0.15, -0.1) is 0 Å². The number of hydrogen-bond donors (Lipinski definition) is 2. The topological polar surface area (TPSA) is 78.9 Å². The molecule has 1 aromatic carbocycles. The number of hydrogen-bond acceptors (Lipinski definition) is 4. The second-order valence-electron chi connectivity index (χ2n) is 4.78. The van der Waals surface area contributed by atoms with Crippen LogP contribution < -0.4 is 10.1 Å². The third kappa shape index (κ3) is 2.91. The largest absolute Gasteiger partial charge is 0.497 e. The molecule has 2 N–H and O–H groups in total. The molecule has 0 aromatic heterocycles. The highest BCUT2D eigenvalue weighted by molar-refractivity contribution is 5.95. The first-order valence-electron chi connectivity index (χ1n) is 6.41. The molecule has 2 atom stereocenters. The quantitative estimate of drug-likeness (QED) is 0.806. The van der Waals surface area contributed by atoms with Crippen molar-refractivity contribution in [1.82, 2.24) is 10.2 Å². The van der Waals surface area contributed by atoms with Gasteiger partial charge in [-0.2, -0.15) is 0 Å². The molecule has 0 radical (unpaired) electrons. The van der Waals surface area contributed by atoms with Gasteiger partial charge in [0.25, 0.3) is 0 Å². The third-order valence-electron chi connectivity index (χ3n) is 3.28. The Balaban J connectivity index is 2.23. The molecular formula is C14H18N2O4. The second-order valence-corrected chi connectivity index (χ2v) is 4.78. The van der Waals surface area contributed by atoms with E-state index in [9.17, 15) is 14.7 Å². The molecule has 20 heavy (non-hydrogen) atoms. The fraction of sp³-hybridized carbons (Fsp3) is 0.429. The van der Waals surface area contributed by atoms with Crippen LogP contribution in [0.25, 0.3) is 0 Å².